The van der Waals surface area contributed by atoms with Gasteiger partial charge in [-0.15, -0.1) is 0 Å². The molecule has 0 bridgehead atoms. The van der Waals surface area contributed by atoms with E-state index in [1.807, 2.05) is 12.1 Å². The summed E-state index contributed by atoms with van der Waals surface area (Å²) < 4.78 is 23.3. The summed E-state index contributed by atoms with van der Waals surface area (Å²) >= 11 is 0. The van der Waals surface area contributed by atoms with Crippen molar-refractivity contribution in [2.45, 2.75) is 0 Å². The average Bonchev–Trinajstić information content (AvgIpc) is 2.82. The van der Waals surface area contributed by atoms with Gasteiger partial charge in [0, 0.05) is 92.1 Å². The molecule has 8 nitrogen and oxygen atoms in total. The smallest absolute Gasteiger partial charge is 0.124 e. The van der Waals surface area contributed by atoms with Crippen molar-refractivity contribution in [2.24, 2.45) is 0 Å². The molecule has 0 atom stereocenters. The Morgan fingerprint density at radius 2 is 0.398 bits per heavy atom. The number of rotatable bonds is 17. The van der Waals surface area contributed by atoms with Crippen LogP contribution >= 0.6 is 0 Å². The molecule has 0 spiro atoms. The second-order valence-electron chi connectivity index (χ2n) is 21.6. The summed E-state index contributed by atoms with van der Waals surface area (Å²) in [6.07, 6.45) is 0. The number of benzene rings is 14. The van der Waals surface area contributed by atoms with Gasteiger partial charge >= 0.3 is 0 Å². The van der Waals surface area contributed by atoms with Gasteiger partial charge in [0.1, 0.15) is 23.0 Å². The van der Waals surface area contributed by atoms with Crippen LogP contribution in [-0.2, 0) is 0 Å². The first-order valence-corrected chi connectivity index (χ1v) is 29.4. The van der Waals surface area contributed by atoms with Gasteiger partial charge in [-0.25, -0.2) is 0 Å². The zero-order chi connectivity index (χ0) is 59.5. The number of anilines is 12. The van der Waals surface area contributed by atoms with Gasteiger partial charge < -0.3 is 38.5 Å². The minimum absolute atomic E-state index is 0.705. The van der Waals surface area contributed by atoms with E-state index < -0.39 is 0 Å². The molecule has 14 aromatic carbocycles. The molecule has 0 aromatic heterocycles. The average molecular weight is 1140 g/mol. The third kappa shape index (κ3) is 10.4. The molecular weight excluding hydrogens is 1080 g/mol. The summed E-state index contributed by atoms with van der Waals surface area (Å²) in [4.78, 5) is 9.27. The van der Waals surface area contributed by atoms with E-state index in [1.54, 1.807) is 28.4 Å². The fraction of sp³-hybridized carbons (Fsp3) is 0.0500. The molecular formula is C80H62N4O4. The fourth-order valence-corrected chi connectivity index (χ4v) is 12.3. The number of hydrogen-bond donors (Lipinski definition) is 0. The molecule has 0 saturated carbocycles. The molecule has 0 heterocycles. The quantitative estimate of drug-likeness (QED) is 0.0894. The third-order valence-corrected chi connectivity index (χ3v) is 16.5. The van der Waals surface area contributed by atoms with Gasteiger partial charge in [0.05, 0.1) is 62.6 Å². The Bertz CT molecular complexity index is 4450. The Morgan fingerprint density at radius 1 is 0.193 bits per heavy atom. The van der Waals surface area contributed by atoms with Crippen molar-refractivity contribution >= 4 is 111 Å². The molecule has 0 saturated heterocycles. The Labute approximate surface area is 513 Å². The summed E-state index contributed by atoms with van der Waals surface area (Å²) in [5.41, 5.74) is 14.3. The highest BCUT2D eigenvalue weighted by molar-refractivity contribution is 6.03. The van der Waals surface area contributed by atoms with E-state index in [0.717, 1.165) is 122 Å². The van der Waals surface area contributed by atoms with Crippen molar-refractivity contribution in [3.63, 3.8) is 0 Å². The first kappa shape index (κ1) is 54.5. The van der Waals surface area contributed by atoms with Gasteiger partial charge in [-0.1, -0.05) is 170 Å². The lowest BCUT2D eigenvalue weighted by Crippen LogP contribution is -2.13. The van der Waals surface area contributed by atoms with Crippen LogP contribution in [0.5, 0.6) is 23.0 Å². The summed E-state index contributed by atoms with van der Waals surface area (Å²) in [6.45, 7) is 0. The maximum absolute atomic E-state index is 5.82. The zero-order valence-electron chi connectivity index (χ0n) is 49.3. The van der Waals surface area contributed by atoms with Gasteiger partial charge in [-0.3, -0.25) is 0 Å². The lowest BCUT2D eigenvalue weighted by atomic mass is 10.0. The van der Waals surface area contributed by atoms with E-state index in [1.165, 1.54) is 0 Å². The zero-order valence-corrected chi connectivity index (χ0v) is 49.3. The highest BCUT2D eigenvalue weighted by atomic mass is 16.5. The summed E-state index contributed by atoms with van der Waals surface area (Å²) in [5.74, 6) is 2.82. The van der Waals surface area contributed by atoms with Gasteiger partial charge in [-0.05, 0) is 130 Å². The van der Waals surface area contributed by atoms with E-state index in [4.69, 9.17) is 18.9 Å². The molecule has 0 fully saturated rings. The molecule has 14 aromatic rings. The second-order valence-corrected chi connectivity index (χ2v) is 21.6. The predicted molar refractivity (Wildman–Crippen MR) is 367 cm³/mol. The molecule has 0 radical (unpaired) electrons. The Kier molecular flexibility index (Phi) is 14.8. The predicted octanol–water partition coefficient (Wildman–Crippen LogP) is 21.9. The van der Waals surface area contributed by atoms with Crippen LogP contribution in [0.25, 0.3) is 54.2 Å². The maximum atomic E-state index is 5.82. The first-order chi connectivity index (χ1) is 43.4. The molecule has 0 aliphatic heterocycles. The molecule has 426 valence electrons. The molecule has 0 aliphatic carbocycles. The fourth-order valence-electron chi connectivity index (χ4n) is 12.3. The number of fused-ring (bicyclic) bond motifs is 4. The van der Waals surface area contributed by atoms with Crippen LogP contribution in [0.1, 0.15) is 0 Å². The van der Waals surface area contributed by atoms with E-state index in [9.17, 15) is 0 Å². The van der Waals surface area contributed by atoms with Gasteiger partial charge in [0.2, 0.25) is 0 Å². The lowest BCUT2D eigenvalue weighted by Gasteiger charge is -2.30. The standard InChI is InChI=1S/C80H62N4O4/c1-85-69-49-67(50-70(53-69)86-2)83(79-31-15-23-59-19-7-11-27-75(59)79)65-45-41-63(42-46-65)81(77-29-13-21-57-17-5-9-25-73(57)77)61-37-33-55(34-38-61)56-35-39-62(40-36-56)82(78-30-14-22-58-18-6-10-26-74(58)78)64-43-47-66(48-44-64)84(68-51-71(87-3)54-72(52-68)88-4)80-32-16-24-60-20-8-12-28-76(60)80/h5-54H,1-4H3. The van der Waals surface area contributed by atoms with Crippen molar-refractivity contribution in [3.05, 3.63) is 303 Å². The molecule has 0 aliphatic rings. The minimum Gasteiger partial charge on any atom is -0.497 e. The lowest BCUT2D eigenvalue weighted by molar-refractivity contribution is 0.394. The number of ether oxygens (including phenoxy) is 4. The van der Waals surface area contributed by atoms with E-state index in [-0.39, 0.29) is 0 Å². The van der Waals surface area contributed by atoms with Crippen LogP contribution < -0.4 is 38.5 Å². The van der Waals surface area contributed by atoms with Crippen LogP contribution in [0.4, 0.5) is 68.2 Å². The van der Waals surface area contributed by atoms with Crippen LogP contribution in [0, 0.1) is 0 Å². The third-order valence-electron chi connectivity index (χ3n) is 16.5. The van der Waals surface area contributed by atoms with Crippen molar-refractivity contribution in [1.82, 2.24) is 0 Å². The summed E-state index contributed by atoms with van der Waals surface area (Å²) in [6, 6.07) is 108. The van der Waals surface area contributed by atoms with E-state index in [0.29, 0.717) is 23.0 Å². The molecule has 0 amide bonds. The maximum Gasteiger partial charge on any atom is 0.124 e. The Hall–Kier alpha value is -11.5. The van der Waals surface area contributed by atoms with Crippen LogP contribution in [0.2, 0.25) is 0 Å². The van der Waals surface area contributed by atoms with Gasteiger partial charge in [0.25, 0.3) is 0 Å². The molecule has 14 rings (SSSR count). The molecule has 8 heteroatoms. The second kappa shape index (κ2) is 23.9. The number of hydrogen-bond acceptors (Lipinski definition) is 8. The Morgan fingerprint density at radius 3 is 0.636 bits per heavy atom. The van der Waals surface area contributed by atoms with Crippen molar-refractivity contribution in [2.75, 3.05) is 48.0 Å². The summed E-state index contributed by atoms with van der Waals surface area (Å²) in [7, 11) is 6.75. The highest BCUT2D eigenvalue weighted by Crippen LogP contribution is 2.48. The van der Waals surface area contributed by atoms with E-state index >= 15 is 0 Å². The minimum atomic E-state index is 0.705. The number of methoxy groups -OCH3 is 4. The topological polar surface area (TPSA) is 49.9 Å². The molecule has 0 unspecified atom stereocenters. The van der Waals surface area contributed by atoms with Gasteiger partial charge in [0.15, 0.2) is 0 Å². The first-order valence-electron chi connectivity index (χ1n) is 29.4. The molecule has 0 N–H and O–H groups in total. The largest absolute Gasteiger partial charge is 0.497 e. The normalized spacial score (nSPS) is 11.2. The van der Waals surface area contributed by atoms with Gasteiger partial charge in [-0.2, -0.15) is 0 Å². The van der Waals surface area contributed by atoms with Crippen molar-refractivity contribution in [3.8, 4) is 34.1 Å². The highest BCUT2D eigenvalue weighted by Gasteiger charge is 2.23. The monoisotopic (exact) mass is 1140 g/mol. The van der Waals surface area contributed by atoms with E-state index in [2.05, 4.69) is 311 Å². The SMILES string of the molecule is COc1cc(OC)cc(N(c2ccc(N(c3ccc(-c4ccc(N(c5ccc(N(c6cc(OC)cc(OC)c6)c6cccc7ccccc67)cc5)c5cccc6ccccc56)cc4)cc3)c3cccc4ccccc34)cc2)c2cccc3ccccc23)c1. The summed E-state index contributed by atoms with van der Waals surface area (Å²) in [5, 5.41) is 9.19. The van der Waals surface area contributed by atoms with Crippen molar-refractivity contribution in [1.29, 1.82) is 0 Å². The van der Waals surface area contributed by atoms with Crippen LogP contribution in [0.3, 0.4) is 0 Å². The van der Waals surface area contributed by atoms with Crippen LogP contribution in [0.15, 0.2) is 303 Å². The van der Waals surface area contributed by atoms with Crippen molar-refractivity contribution < 1.29 is 18.9 Å². The Balaban J connectivity index is 0.826. The van der Waals surface area contributed by atoms with Crippen LogP contribution in [-0.4, -0.2) is 28.4 Å². The molecule has 88 heavy (non-hydrogen) atoms. The number of nitrogens with zero attached hydrogens (tertiary/aromatic N) is 4.